The first-order chi connectivity index (χ1) is 9.13. The standard InChI is InChI=1S/C12H13FN4OS/c1-2-17-11(8-5-3-4-6-9(8)13)15-16-12(17)19-7-10(14)18/h3-6H,2,7H2,1H3,(H2,14,18). The Labute approximate surface area is 114 Å². The van der Waals surface area contributed by atoms with Gasteiger partial charge in [-0.15, -0.1) is 10.2 Å². The highest BCUT2D eigenvalue weighted by Gasteiger charge is 2.16. The summed E-state index contributed by atoms with van der Waals surface area (Å²) in [7, 11) is 0. The zero-order valence-electron chi connectivity index (χ0n) is 10.3. The van der Waals surface area contributed by atoms with Gasteiger partial charge in [0, 0.05) is 6.54 Å². The highest BCUT2D eigenvalue weighted by Crippen LogP contribution is 2.25. The molecule has 19 heavy (non-hydrogen) atoms. The van der Waals surface area contributed by atoms with Crippen LogP contribution >= 0.6 is 11.8 Å². The van der Waals surface area contributed by atoms with Crippen LogP contribution in [0, 0.1) is 5.82 Å². The average molecular weight is 280 g/mol. The smallest absolute Gasteiger partial charge is 0.227 e. The molecule has 0 aliphatic rings. The second kappa shape index (κ2) is 5.83. The molecule has 1 aromatic carbocycles. The van der Waals surface area contributed by atoms with Crippen molar-refractivity contribution in [2.75, 3.05) is 5.75 Å². The number of hydrogen-bond acceptors (Lipinski definition) is 4. The molecule has 1 heterocycles. The van der Waals surface area contributed by atoms with Crippen LogP contribution in [-0.4, -0.2) is 26.4 Å². The van der Waals surface area contributed by atoms with E-state index in [-0.39, 0.29) is 11.6 Å². The molecule has 2 N–H and O–H groups in total. The van der Waals surface area contributed by atoms with Crippen molar-refractivity contribution < 1.29 is 9.18 Å². The van der Waals surface area contributed by atoms with Crippen LogP contribution in [0.1, 0.15) is 6.92 Å². The third kappa shape index (κ3) is 2.93. The largest absolute Gasteiger partial charge is 0.369 e. The summed E-state index contributed by atoms with van der Waals surface area (Å²) >= 11 is 1.19. The molecule has 0 saturated carbocycles. The van der Waals surface area contributed by atoms with E-state index < -0.39 is 5.91 Å². The highest BCUT2D eigenvalue weighted by molar-refractivity contribution is 7.99. The number of amides is 1. The minimum absolute atomic E-state index is 0.120. The third-order valence-electron chi connectivity index (χ3n) is 2.49. The lowest BCUT2D eigenvalue weighted by Gasteiger charge is -2.07. The zero-order chi connectivity index (χ0) is 13.8. The van der Waals surface area contributed by atoms with Gasteiger partial charge < -0.3 is 10.3 Å². The van der Waals surface area contributed by atoms with Crippen molar-refractivity contribution >= 4 is 17.7 Å². The average Bonchev–Trinajstić information content (AvgIpc) is 2.79. The number of carbonyl (C=O) groups excluding carboxylic acids is 1. The number of rotatable bonds is 5. The summed E-state index contributed by atoms with van der Waals surface area (Å²) in [5, 5.41) is 8.53. The minimum atomic E-state index is -0.428. The molecule has 7 heteroatoms. The van der Waals surface area contributed by atoms with E-state index in [9.17, 15) is 9.18 Å². The topological polar surface area (TPSA) is 73.8 Å². The normalized spacial score (nSPS) is 10.6. The summed E-state index contributed by atoms with van der Waals surface area (Å²) in [5.74, 6) is -0.207. The van der Waals surface area contributed by atoms with Crippen molar-refractivity contribution in [3.8, 4) is 11.4 Å². The van der Waals surface area contributed by atoms with E-state index in [0.29, 0.717) is 23.1 Å². The molecule has 0 saturated heterocycles. The predicted molar refractivity (Wildman–Crippen MR) is 71.0 cm³/mol. The van der Waals surface area contributed by atoms with Crippen LogP contribution in [0.4, 0.5) is 4.39 Å². The van der Waals surface area contributed by atoms with Gasteiger partial charge in [0.25, 0.3) is 0 Å². The van der Waals surface area contributed by atoms with Gasteiger partial charge in [0.2, 0.25) is 5.91 Å². The van der Waals surface area contributed by atoms with E-state index in [0.717, 1.165) is 0 Å². The number of nitrogens with two attached hydrogens (primary N) is 1. The van der Waals surface area contributed by atoms with Crippen molar-refractivity contribution in [2.45, 2.75) is 18.6 Å². The second-order valence-electron chi connectivity index (χ2n) is 3.79. The van der Waals surface area contributed by atoms with Gasteiger partial charge in [-0.1, -0.05) is 23.9 Å². The number of halogens is 1. The highest BCUT2D eigenvalue weighted by atomic mass is 32.2. The first-order valence-corrected chi connectivity index (χ1v) is 6.71. The Morgan fingerprint density at radius 2 is 2.16 bits per heavy atom. The molecule has 0 aliphatic carbocycles. The zero-order valence-corrected chi connectivity index (χ0v) is 11.2. The maximum absolute atomic E-state index is 13.8. The maximum Gasteiger partial charge on any atom is 0.227 e. The number of aromatic nitrogens is 3. The quantitative estimate of drug-likeness (QED) is 0.846. The molecule has 0 unspecified atom stereocenters. The van der Waals surface area contributed by atoms with Crippen LogP contribution in [-0.2, 0) is 11.3 Å². The molecule has 100 valence electrons. The van der Waals surface area contributed by atoms with Gasteiger partial charge in [0.1, 0.15) is 5.82 Å². The SMILES string of the molecule is CCn1c(SCC(N)=O)nnc1-c1ccccc1F. The molecule has 1 aromatic heterocycles. The molecule has 5 nitrogen and oxygen atoms in total. The third-order valence-corrected chi connectivity index (χ3v) is 3.48. The lowest BCUT2D eigenvalue weighted by Crippen LogP contribution is -2.13. The van der Waals surface area contributed by atoms with E-state index in [1.54, 1.807) is 22.8 Å². The van der Waals surface area contributed by atoms with E-state index in [4.69, 9.17) is 5.73 Å². The molecule has 2 rings (SSSR count). The molecular formula is C12H13FN4OS. The number of primary amides is 1. The van der Waals surface area contributed by atoms with Crippen LogP contribution in [0.3, 0.4) is 0 Å². The van der Waals surface area contributed by atoms with E-state index in [2.05, 4.69) is 10.2 Å². The van der Waals surface area contributed by atoms with Crippen molar-refractivity contribution in [1.82, 2.24) is 14.8 Å². The van der Waals surface area contributed by atoms with Crippen LogP contribution < -0.4 is 5.73 Å². The summed E-state index contributed by atoms with van der Waals surface area (Å²) in [5.41, 5.74) is 5.49. The molecular weight excluding hydrogens is 267 g/mol. The summed E-state index contributed by atoms with van der Waals surface area (Å²) in [6, 6.07) is 6.38. The summed E-state index contributed by atoms with van der Waals surface area (Å²) in [4.78, 5) is 10.8. The molecule has 1 amide bonds. The lowest BCUT2D eigenvalue weighted by molar-refractivity contribution is -0.115. The monoisotopic (exact) mass is 280 g/mol. The number of carbonyl (C=O) groups is 1. The van der Waals surface area contributed by atoms with Gasteiger partial charge in [-0.3, -0.25) is 4.79 Å². The Bertz CT molecular complexity index is 599. The van der Waals surface area contributed by atoms with Gasteiger partial charge in [-0.25, -0.2) is 4.39 Å². The Hall–Kier alpha value is -1.89. The number of thioether (sulfide) groups is 1. The summed E-state index contributed by atoms with van der Waals surface area (Å²) in [6.45, 7) is 2.49. The van der Waals surface area contributed by atoms with E-state index in [1.165, 1.54) is 17.8 Å². The van der Waals surface area contributed by atoms with E-state index in [1.807, 2.05) is 6.92 Å². The fourth-order valence-corrected chi connectivity index (χ4v) is 2.40. The number of hydrogen-bond donors (Lipinski definition) is 1. The van der Waals surface area contributed by atoms with Gasteiger partial charge in [0.05, 0.1) is 11.3 Å². The van der Waals surface area contributed by atoms with Crippen molar-refractivity contribution in [3.05, 3.63) is 30.1 Å². The lowest BCUT2D eigenvalue weighted by atomic mass is 10.2. The van der Waals surface area contributed by atoms with Gasteiger partial charge in [-0.05, 0) is 19.1 Å². The van der Waals surface area contributed by atoms with Crippen molar-refractivity contribution in [1.29, 1.82) is 0 Å². The van der Waals surface area contributed by atoms with E-state index >= 15 is 0 Å². The molecule has 0 fully saturated rings. The Balaban J connectivity index is 2.37. The molecule has 0 atom stereocenters. The predicted octanol–water partition coefficient (Wildman–Crippen LogP) is 1.68. The number of nitrogens with zero attached hydrogens (tertiary/aromatic N) is 3. The molecule has 0 bridgehead atoms. The van der Waals surface area contributed by atoms with Gasteiger partial charge in [0.15, 0.2) is 11.0 Å². The fourth-order valence-electron chi connectivity index (χ4n) is 1.66. The molecule has 0 radical (unpaired) electrons. The van der Waals surface area contributed by atoms with Crippen LogP contribution in [0.15, 0.2) is 29.4 Å². The molecule has 0 spiro atoms. The van der Waals surface area contributed by atoms with Crippen molar-refractivity contribution in [3.63, 3.8) is 0 Å². The summed E-state index contributed by atoms with van der Waals surface area (Å²) in [6.07, 6.45) is 0. The second-order valence-corrected chi connectivity index (χ2v) is 4.73. The maximum atomic E-state index is 13.8. The minimum Gasteiger partial charge on any atom is -0.369 e. The Kier molecular flexibility index (Phi) is 4.16. The Morgan fingerprint density at radius 1 is 1.42 bits per heavy atom. The van der Waals surface area contributed by atoms with Crippen LogP contribution in [0.25, 0.3) is 11.4 Å². The Morgan fingerprint density at radius 3 is 2.79 bits per heavy atom. The molecule has 0 aliphatic heterocycles. The first-order valence-electron chi connectivity index (χ1n) is 5.72. The number of benzene rings is 1. The van der Waals surface area contributed by atoms with Crippen LogP contribution in [0.5, 0.6) is 0 Å². The van der Waals surface area contributed by atoms with Crippen LogP contribution in [0.2, 0.25) is 0 Å². The van der Waals surface area contributed by atoms with Gasteiger partial charge >= 0.3 is 0 Å². The van der Waals surface area contributed by atoms with Gasteiger partial charge in [-0.2, -0.15) is 0 Å². The summed E-state index contributed by atoms with van der Waals surface area (Å²) < 4.78 is 15.5. The fraction of sp³-hybridized carbons (Fsp3) is 0.250. The van der Waals surface area contributed by atoms with Crippen molar-refractivity contribution in [2.24, 2.45) is 5.73 Å². The first kappa shape index (κ1) is 13.5. The molecule has 2 aromatic rings.